The van der Waals surface area contributed by atoms with Gasteiger partial charge < -0.3 is 5.32 Å². The summed E-state index contributed by atoms with van der Waals surface area (Å²) in [6.45, 7) is 1.87. The minimum Gasteiger partial charge on any atom is -0.322 e. The van der Waals surface area contributed by atoms with Gasteiger partial charge in [-0.15, -0.1) is 0 Å². The smallest absolute Gasteiger partial charge is 0.277 e. The van der Waals surface area contributed by atoms with Crippen molar-refractivity contribution in [1.29, 1.82) is 0 Å². The van der Waals surface area contributed by atoms with Crippen LogP contribution in [0, 0.1) is 27.2 Å². The van der Waals surface area contributed by atoms with E-state index in [0.717, 1.165) is 35.2 Å². The number of non-ortho nitro benzene ring substituents is 2. The summed E-state index contributed by atoms with van der Waals surface area (Å²) in [6, 6.07) is 17.6. The van der Waals surface area contributed by atoms with Gasteiger partial charge in [0.05, 0.1) is 32.5 Å². The van der Waals surface area contributed by atoms with Crippen LogP contribution in [0.2, 0.25) is 0 Å². The van der Waals surface area contributed by atoms with Gasteiger partial charge in [-0.1, -0.05) is 18.2 Å². The first-order valence-electron chi connectivity index (χ1n) is 9.13. The summed E-state index contributed by atoms with van der Waals surface area (Å²) in [5.41, 5.74) is 1.58. The fourth-order valence-electron chi connectivity index (χ4n) is 3.32. The maximum atomic E-state index is 12.6. The van der Waals surface area contributed by atoms with E-state index in [1.807, 2.05) is 41.8 Å². The number of nitro groups is 2. The number of carbonyl (C=O) groups excluding carboxylic acids is 1. The number of nitro benzene ring substituents is 2. The van der Waals surface area contributed by atoms with Gasteiger partial charge in [0.25, 0.3) is 17.3 Å². The zero-order valence-corrected chi connectivity index (χ0v) is 16.2. The molecular formula is C21H15N5O5. The molecule has 4 aromatic rings. The molecular weight excluding hydrogens is 402 g/mol. The Bertz CT molecular complexity index is 1320. The molecule has 0 aliphatic carbocycles. The van der Waals surface area contributed by atoms with E-state index in [2.05, 4.69) is 10.3 Å². The maximum Gasteiger partial charge on any atom is 0.277 e. The number of carbonyl (C=O) groups is 1. The van der Waals surface area contributed by atoms with Crippen LogP contribution in [0.4, 0.5) is 17.1 Å². The molecule has 0 aliphatic rings. The number of aromatic nitrogens is 2. The first kappa shape index (κ1) is 19.7. The van der Waals surface area contributed by atoms with Gasteiger partial charge in [-0.05, 0) is 37.3 Å². The highest BCUT2D eigenvalue weighted by Gasteiger charge is 2.20. The number of para-hydroxylation sites is 1. The van der Waals surface area contributed by atoms with Gasteiger partial charge in [0.15, 0.2) is 0 Å². The first-order chi connectivity index (χ1) is 14.8. The monoisotopic (exact) mass is 417 g/mol. The summed E-state index contributed by atoms with van der Waals surface area (Å²) >= 11 is 0. The van der Waals surface area contributed by atoms with Crippen LogP contribution in [0.1, 0.15) is 16.2 Å². The third-order valence-corrected chi connectivity index (χ3v) is 4.68. The number of fused-ring (bicyclic) bond motifs is 1. The van der Waals surface area contributed by atoms with Crippen molar-refractivity contribution in [2.75, 3.05) is 5.32 Å². The van der Waals surface area contributed by atoms with Crippen LogP contribution in [0.3, 0.4) is 0 Å². The van der Waals surface area contributed by atoms with E-state index in [4.69, 9.17) is 0 Å². The second-order valence-electron chi connectivity index (χ2n) is 6.74. The number of benzene rings is 3. The lowest BCUT2D eigenvalue weighted by atomic mass is 10.1. The highest BCUT2D eigenvalue weighted by Crippen LogP contribution is 2.26. The highest BCUT2D eigenvalue weighted by atomic mass is 16.6. The molecule has 154 valence electrons. The molecule has 1 heterocycles. The number of hydrogen-bond donors (Lipinski definition) is 1. The van der Waals surface area contributed by atoms with Gasteiger partial charge in [0.2, 0.25) is 0 Å². The van der Waals surface area contributed by atoms with E-state index >= 15 is 0 Å². The quantitative estimate of drug-likeness (QED) is 0.378. The van der Waals surface area contributed by atoms with Crippen molar-refractivity contribution in [3.05, 3.63) is 98.3 Å². The Morgan fingerprint density at radius 1 is 0.935 bits per heavy atom. The van der Waals surface area contributed by atoms with Crippen molar-refractivity contribution in [1.82, 2.24) is 9.55 Å². The SMILES string of the molecule is Cc1nc2cc(NC(=O)c3cc([N+](=O)[O-])cc([N+](=O)[O-])c3)ccc2n1-c1ccccc1. The molecule has 0 fully saturated rings. The summed E-state index contributed by atoms with van der Waals surface area (Å²) in [5, 5.41) is 24.7. The van der Waals surface area contributed by atoms with Crippen LogP contribution in [0.15, 0.2) is 66.7 Å². The number of hydrogen-bond acceptors (Lipinski definition) is 6. The predicted molar refractivity (Wildman–Crippen MR) is 114 cm³/mol. The van der Waals surface area contributed by atoms with Crippen molar-refractivity contribution in [2.45, 2.75) is 6.92 Å². The average molecular weight is 417 g/mol. The topological polar surface area (TPSA) is 133 Å². The Balaban J connectivity index is 1.67. The summed E-state index contributed by atoms with van der Waals surface area (Å²) in [7, 11) is 0. The molecule has 10 heteroatoms. The Morgan fingerprint density at radius 3 is 2.19 bits per heavy atom. The number of anilines is 1. The Hall–Kier alpha value is -4.60. The number of imidazole rings is 1. The number of nitrogens with one attached hydrogen (secondary N) is 1. The summed E-state index contributed by atoms with van der Waals surface area (Å²) in [5.74, 6) is 0.0596. The Kier molecular flexibility index (Phi) is 4.88. The standard InChI is InChI=1S/C21H15N5O5/c1-13-22-19-11-15(7-8-20(19)24(13)16-5-3-2-4-6-16)23-21(27)14-9-17(25(28)29)12-18(10-14)26(30)31/h2-12H,1H3,(H,23,27). The number of aryl methyl sites for hydroxylation is 1. The van der Waals surface area contributed by atoms with Gasteiger partial charge in [-0.3, -0.25) is 29.6 Å². The third kappa shape index (κ3) is 3.81. The minimum absolute atomic E-state index is 0.188. The van der Waals surface area contributed by atoms with Crippen LogP contribution in [0.5, 0.6) is 0 Å². The van der Waals surface area contributed by atoms with Gasteiger partial charge in [0, 0.05) is 23.5 Å². The van der Waals surface area contributed by atoms with Crippen molar-refractivity contribution in [3.63, 3.8) is 0 Å². The van der Waals surface area contributed by atoms with Gasteiger partial charge in [-0.25, -0.2) is 4.98 Å². The summed E-state index contributed by atoms with van der Waals surface area (Å²) < 4.78 is 1.98. The number of nitrogens with zero attached hydrogens (tertiary/aromatic N) is 4. The Labute approximate surface area is 175 Å². The number of rotatable bonds is 5. The maximum absolute atomic E-state index is 12.6. The Morgan fingerprint density at radius 2 is 1.58 bits per heavy atom. The summed E-state index contributed by atoms with van der Waals surface area (Å²) in [6.07, 6.45) is 0. The van der Waals surface area contributed by atoms with E-state index < -0.39 is 27.1 Å². The zero-order valence-electron chi connectivity index (χ0n) is 16.2. The average Bonchev–Trinajstić information content (AvgIpc) is 3.08. The molecule has 0 aliphatic heterocycles. The van der Waals surface area contributed by atoms with Gasteiger partial charge in [0.1, 0.15) is 5.82 Å². The van der Waals surface area contributed by atoms with E-state index in [-0.39, 0.29) is 5.56 Å². The molecule has 31 heavy (non-hydrogen) atoms. The molecule has 0 atom stereocenters. The lowest BCUT2D eigenvalue weighted by Gasteiger charge is -2.08. The molecule has 1 amide bonds. The third-order valence-electron chi connectivity index (χ3n) is 4.68. The van der Waals surface area contributed by atoms with Crippen molar-refractivity contribution in [2.24, 2.45) is 0 Å². The van der Waals surface area contributed by atoms with Crippen molar-refractivity contribution >= 4 is 34.0 Å². The van der Waals surface area contributed by atoms with E-state index in [1.165, 1.54) is 0 Å². The lowest BCUT2D eigenvalue weighted by molar-refractivity contribution is -0.394. The molecule has 0 bridgehead atoms. The summed E-state index contributed by atoms with van der Waals surface area (Å²) in [4.78, 5) is 37.7. The molecule has 1 N–H and O–H groups in total. The fraction of sp³-hybridized carbons (Fsp3) is 0.0476. The van der Waals surface area contributed by atoms with Gasteiger partial charge in [-0.2, -0.15) is 0 Å². The fourth-order valence-corrected chi connectivity index (χ4v) is 3.32. The lowest BCUT2D eigenvalue weighted by Crippen LogP contribution is -2.12. The molecule has 0 saturated carbocycles. The van der Waals surface area contributed by atoms with Gasteiger partial charge >= 0.3 is 0 Å². The minimum atomic E-state index is -0.783. The first-order valence-corrected chi connectivity index (χ1v) is 9.13. The molecule has 0 saturated heterocycles. The predicted octanol–water partition coefficient (Wildman–Crippen LogP) is 4.40. The molecule has 4 rings (SSSR count). The van der Waals surface area contributed by atoms with Crippen LogP contribution in [-0.4, -0.2) is 25.3 Å². The molecule has 1 aromatic heterocycles. The second kappa shape index (κ2) is 7.67. The number of amides is 1. The molecule has 3 aromatic carbocycles. The molecule has 10 nitrogen and oxygen atoms in total. The van der Waals surface area contributed by atoms with E-state index in [0.29, 0.717) is 11.2 Å². The van der Waals surface area contributed by atoms with Crippen LogP contribution < -0.4 is 5.32 Å². The molecule has 0 spiro atoms. The highest BCUT2D eigenvalue weighted by molar-refractivity contribution is 6.05. The van der Waals surface area contributed by atoms with Crippen LogP contribution in [-0.2, 0) is 0 Å². The second-order valence-corrected chi connectivity index (χ2v) is 6.74. The zero-order chi connectivity index (χ0) is 22.1. The van der Waals surface area contributed by atoms with E-state index in [1.54, 1.807) is 18.2 Å². The van der Waals surface area contributed by atoms with Crippen LogP contribution in [0.25, 0.3) is 16.7 Å². The van der Waals surface area contributed by atoms with E-state index in [9.17, 15) is 25.0 Å². The van der Waals surface area contributed by atoms with Crippen molar-refractivity contribution < 1.29 is 14.6 Å². The van der Waals surface area contributed by atoms with Crippen molar-refractivity contribution in [3.8, 4) is 5.69 Å². The largest absolute Gasteiger partial charge is 0.322 e. The normalized spacial score (nSPS) is 10.7. The molecule has 0 unspecified atom stereocenters. The molecule has 0 radical (unpaired) electrons. The van der Waals surface area contributed by atoms with Crippen LogP contribution >= 0.6 is 0 Å².